The smallest absolute Gasteiger partial charge is 0.233 e. The van der Waals surface area contributed by atoms with Crippen LogP contribution < -0.4 is 4.74 Å². The summed E-state index contributed by atoms with van der Waals surface area (Å²) in [6.45, 7) is 0. The first-order chi connectivity index (χ1) is 12.7. The number of nitrogens with one attached hydrogen (secondary N) is 1. The van der Waals surface area contributed by atoms with Crippen LogP contribution in [0.2, 0.25) is 0 Å². The van der Waals surface area contributed by atoms with E-state index in [-0.39, 0.29) is 4.92 Å². The molecule has 0 fully saturated rings. The first-order valence-electron chi connectivity index (χ1n) is 8.12. The summed E-state index contributed by atoms with van der Waals surface area (Å²) in [6.07, 6.45) is 7.76. The Labute approximate surface area is 161 Å². The molecule has 140 valence electrons. The van der Waals surface area contributed by atoms with Gasteiger partial charge in [0.2, 0.25) is 6.20 Å². The molecule has 1 N–H and O–H groups in total. The fourth-order valence-corrected chi connectivity index (χ4v) is 4.13. The minimum Gasteiger partial charge on any atom is -0.495 e. The number of nitrogens with zero attached hydrogens (tertiary/aromatic N) is 3. The highest BCUT2D eigenvalue weighted by Gasteiger charge is 2.07. The highest BCUT2D eigenvalue weighted by atomic mass is 32.2. The van der Waals surface area contributed by atoms with E-state index < -0.39 is 0 Å². The zero-order chi connectivity index (χ0) is 18.6. The number of allylic oxidation sites excluding steroid dienone is 1. The zero-order valence-electron chi connectivity index (χ0n) is 14.6. The summed E-state index contributed by atoms with van der Waals surface area (Å²) in [5.74, 6) is 3.99. The van der Waals surface area contributed by atoms with Crippen molar-refractivity contribution in [3.05, 3.63) is 64.1 Å². The van der Waals surface area contributed by atoms with Crippen LogP contribution in [0.3, 0.4) is 0 Å². The minimum atomic E-state index is -0.360. The van der Waals surface area contributed by atoms with Crippen LogP contribution in [0, 0.1) is 10.1 Å². The first-order valence-corrected chi connectivity index (χ1v) is 10.4. The van der Waals surface area contributed by atoms with Gasteiger partial charge in [0.15, 0.2) is 0 Å². The van der Waals surface area contributed by atoms with E-state index in [1.54, 1.807) is 49.4 Å². The maximum Gasteiger partial charge on any atom is 0.233 e. The molecule has 0 aliphatic heterocycles. The number of H-pyrrole nitrogens is 1. The number of imidazole rings is 1. The molecule has 0 bridgehead atoms. The van der Waals surface area contributed by atoms with Gasteiger partial charge in [-0.15, -0.1) is 0 Å². The monoisotopic (exact) mass is 394 g/mol. The number of aromatic amines is 1. The molecule has 0 saturated heterocycles. The van der Waals surface area contributed by atoms with Crippen LogP contribution in [0.5, 0.6) is 5.75 Å². The molecule has 0 aliphatic carbocycles. The Morgan fingerprint density at radius 1 is 1.35 bits per heavy atom. The van der Waals surface area contributed by atoms with Gasteiger partial charge in [-0.2, -0.15) is 23.5 Å². The molecule has 0 atom stereocenters. The second-order valence-electron chi connectivity index (χ2n) is 5.41. The van der Waals surface area contributed by atoms with Crippen molar-refractivity contribution in [2.75, 3.05) is 18.6 Å². The van der Waals surface area contributed by atoms with Crippen molar-refractivity contribution in [1.29, 1.82) is 0 Å². The Hall–Kier alpha value is -2.00. The van der Waals surface area contributed by atoms with Gasteiger partial charge in [-0.05, 0) is 36.5 Å². The number of methoxy groups -OCH3 is 1. The summed E-state index contributed by atoms with van der Waals surface area (Å²) < 4.78 is 5.29. The van der Waals surface area contributed by atoms with Gasteiger partial charge in [-0.25, -0.2) is 4.98 Å². The van der Waals surface area contributed by atoms with Gasteiger partial charge in [0.1, 0.15) is 5.75 Å². The molecular formula is C17H22N4O3S2. The third kappa shape index (κ3) is 7.49. The van der Waals surface area contributed by atoms with Crippen LogP contribution in [0.1, 0.15) is 24.2 Å². The lowest BCUT2D eigenvalue weighted by Crippen LogP contribution is -1.97. The molecular weight excluding hydrogens is 372 g/mol. The van der Waals surface area contributed by atoms with E-state index in [1.165, 1.54) is 0 Å². The molecule has 2 aromatic heterocycles. The number of hydrogen-bond donors (Lipinski definition) is 1. The summed E-state index contributed by atoms with van der Waals surface area (Å²) >= 11 is 3.44. The first kappa shape index (κ1) is 20.3. The van der Waals surface area contributed by atoms with Crippen molar-refractivity contribution in [2.24, 2.45) is 0 Å². The number of ether oxygens (including phenoxy) is 1. The van der Waals surface area contributed by atoms with Crippen molar-refractivity contribution in [2.45, 2.75) is 24.3 Å². The minimum absolute atomic E-state index is 0.360. The van der Waals surface area contributed by atoms with Crippen molar-refractivity contribution in [3.63, 3.8) is 0 Å². The van der Waals surface area contributed by atoms with E-state index in [9.17, 15) is 10.1 Å². The summed E-state index contributed by atoms with van der Waals surface area (Å²) in [6, 6.07) is 3.73. The average molecular weight is 395 g/mol. The van der Waals surface area contributed by atoms with E-state index >= 15 is 0 Å². The third-order valence-corrected chi connectivity index (χ3v) is 5.52. The molecule has 0 amide bonds. The molecule has 0 radical (unpaired) electrons. The van der Waals surface area contributed by atoms with E-state index in [0.29, 0.717) is 12.8 Å². The highest BCUT2D eigenvalue weighted by molar-refractivity contribution is 7.98. The SMILES string of the molecule is COc1cccnc1CSCCC(=C[N+](=O)[O-])CCSCc1cnc[nH]1. The van der Waals surface area contributed by atoms with E-state index in [1.807, 2.05) is 12.1 Å². The van der Waals surface area contributed by atoms with Crippen LogP contribution in [-0.4, -0.2) is 38.5 Å². The summed E-state index contributed by atoms with van der Waals surface area (Å²) in [4.78, 5) is 21.8. The normalized spacial score (nSPS) is 11.5. The summed E-state index contributed by atoms with van der Waals surface area (Å²) in [5.41, 5.74) is 2.83. The summed E-state index contributed by atoms with van der Waals surface area (Å²) in [7, 11) is 1.63. The molecule has 7 nitrogen and oxygen atoms in total. The van der Waals surface area contributed by atoms with E-state index in [0.717, 1.165) is 51.9 Å². The van der Waals surface area contributed by atoms with Crippen molar-refractivity contribution < 1.29 is 9.66 Å². The van der Waals surface area contributed by atoms with Crippen LogP contribution in [0.25, 0.3) is 0 Å². The fourth-order valence-electron chi connectivity index (χ4n) is 2.24. The number of rotatable bonds is 12. The molecule has 9 heteroatoms. The van der Waals surface area contributed by atoms with Gasteiger partial charge < -0.3 is 9.72 Å². The highest BCUT2D eigenvalue weighted by Crippen LogP contribution is 2.23. The Balaban J connectivity index is 1.72. The number of thioether (sulfide) groups is 2. The second-order valence-corrected chi connectivity index (χ2v) is 7.62. The number of pyridine rings is 1. The Morgan fingerprint density at radius 3 is 2.77 bits per heavy atom. The fraction of sp³-hybridized carbons (Fsp3) is 0.412. The van der Waals surface area contributed by atoms with Gasteiger partial charge in [-0.3, -0.25) is 15.1 Å². The lowest BCUT2D eigenvalue weighted by Gasteiger charge is -2.07. The van der Waals surface area contributed by atoms with Gasteiger partial charge in [0.25, 0.3) is 0 Å². The van der Waals surface area contributed by atoms with Crippen LogP contribution >= 0.6 is 23.5 Å². The average Bonchev–Trinajstić information content (AvgIpc) is 3.15. The van der Waals surface area contributed by atoms with E-state index in [4.69, 9.17) is 4.74 Å². The van der Waals surface area contributed by atoms with Gasteiger partial charge in [-0.1, -0.05) is 0 Å². The van der Waals surface area contributed by atoms with Crippen LogP contribution in [0.4, 0.5) is 0 Å². The van der Waals surface area contributed by atoms with Crippen molar-refractivity contribution >= 4 is 23.5 Å². The van der Waals surface area contributed by atoms with E-state index in [2.05, 4.69) is 15.0 Å². The topological polar surface area (TPSA) is 93.9 Å². The number of nitro groups is 1. The number of aromatic nitrogens is 3. The Kier molecular flexibility index (Phi) is 9.05. The maximum absolute atomic E-state index is 10.8. The largest absolute Gasteiger partial charge is 0.495 e. The lowest BCUT2D eigenvalue weighted by molar-refractivity contribution is -0.403. The molecule has 2 heterocycles. The molecule has 0 spiro atoms. The maximum atomic E-state index is 10.8. The molecule has 0 aliphatic rings. The van der Waals surface area contributed by atoms with Crippen LogP contribution in [0.15, 0.2) is 42.6 Å². The van der Waals surface area contributed by atoms with Gasteiger partial charge in [0.05, 0.1) is 24.1 Å². The zero-order valence-corrected chi connectivity index (χ0v) is 16.2. The quantitative estimate of drug-likeness (QED) is 0.331. The van der Waals surface area contributed by atoms with Crippen molar-refractivity contribution in [3.8, 4) is 5.75 Å². The lowest BCUT2D eigenvalue weighted by atomic mass is 10.2. The molecule has 0 saturated carbocycles. The predicted molar refractivity (Wildman–Crippen MR) is 106 cm³/mol. The van der Waals surface area contributed by atoms with Gasteiger partial charge >= 0.3 is 0 Å². The molecule has 0 unspecified atom stereocenters. The molecule has 2 rings (SSSR count). The Morgan fingerprint density at radius 2 is 2.12 bits per heavy atom. The summed E-state index contributed by atoms with van der Waals surface area (Å²) in [5, 5.41) is 10.8. The molecule has 2 aromatic rings. The molecule has 0 aromatic carbocycles. The second kappa shape index (κ2) is 11.6. The van der Waals surface area contributed by atoms with Crippen LogP contribution in [-0.2, 0) is 11.5 Å². The third-order valence-electron chi connectivity index (χ3n) is 3.54. The molecule has 26 heavy (non-hydrogen) atoms. The van der Waals surface area contributed by atoms with Gasteiger partial charge in [0, 0.05) is 35.2 Å². The predicted octanol–water partition coefficient (Wildman–Crippen LogP) is 3.92. The standard InChI is InChI=1S/C17H22N4O3S2/c1-24-17-3-2-6-19-16(17)12-26-8-5-14(10-21(22)23)4-7-25-11-15-9-18-13-20-15/h2-3,6,9-10,13H,4-5,7-8,11-12H2,1H3,(H,18,20). The Bertz CT molecular complexity index is 708. The number of hydrogen-bond acceptors (Lipinski definition) is 7. The van der Waals surface area contributed by atoms with Crippen molar-refractivity contribution in [1.82, 2.24) is 15.0 Å².